The number of β-lactam (4-membered cyclic amide) rings is 1. The fourth-order valence-electron chi connectivity index (χ4n) is 4.39. The highest BCUT2D eigenvalue weighted by Gasteiger charge is 2.54. The van der Waals surface area contributed by atoms with E-state index in [2.05, 4.69) is 20.4 Å². The number of oxime groups is 1. The number of amides is 2. The summed E-state index contributed by atoms with van der Waals surface area (Å²) in [4.78, 5) is 64.5. The lowest BCUT2D eigenvalue weighted by Gasteiger charge is -2.49. The number of carbonyl (C=O) groups is 4. The summed E-state index contributed by atoms with van der Waals surface area (Å²) >= 11 is 3.50. The number of aromatic nitrogens is 3. The zero-order valence-corrected chi connectivity index (χ0v) is 25.8. The first-order valence-electron chi connectivity index (χ1n) is 13.0. The first kappa shape index (κ1) is 31.5. The van der Waals surface area contributed by atoms with Gasteiger partial charge in [-0.1, -0.05) is 28.3 Å². The van der Waals surface area contributed by atoms with E-state index in [1.807, 2.05) is 30.3 Å². The van der Waals surface area contributed by atoms with Crippen LogP contribution in [0.4, 0.5) is 16.8 Å². The van der Waals surface area contributed by atoms with Crippen LogP contribution in [0.5, 0.6) is 0 Å². The van der Waals surface area contributed by atoms with Crippen LogP contribution in [0.25, 0.3) is 5.69 Å². The number of carboxylic acid groups (broad SMARTS) is 2. The second-order valence-corrected chi connectivity index (χ2v) is 12.5. The molecule has 234 valence electrons. The number of thioether (sulfide) groups is 2. The Morgan fingerprint density at radius 3 is 2.60 bits per heavy atom. The van der Waals surface area contributed by atoms with Crippen LogP contribution in [0, 0.1) is 0 Å². The number of para-hydroxylation sites is 1. The van der Waals surface area contributed by atoms with Crippen molar-refractivity contribution in [2.45, 2.75) is 29.6 Å². The van der Waals surface area contributed by atoms with Crippen LogP contribution < -0.4 is 27.1 Å². The predicted octanol–water partition coefficient (Wildman–Crippen LogP) is 0.286. The maximum atomic E-state index is 13.3. The summed E-state index contributed by atoms with van der Waals surface area (Å²) in [5.41, 5.74) is 18.5. The van der Waals surface area contributed by atoms with Gasteiger partial charge in [-0.05, 0) is 36.4 Å². The topological polar surface area (TPSA) is 253 Å². The first-order valence-corrected chi connectivity index (χ1v) is 15.9. The molecule has 1 fully saturated rings. The second-order valence-electron chi connectivity index (χ2n) is 9.56. The van der Waals surface area contributed by atoms with Gasteiger partial charge in [-0.3, -0.25) is 14.5 Å². The third-order valence-electron chi connectivity index (χ3n) is 6.53. The monoisotopic (exact) mass is 672 g/mol. The van der Waals surface area contributed by atoms with Gasteiger partial charge in [-0.15, -0.1) is 23.1 Å². The summed E-state index contributed by atoms with van der Waals surface area (Å²) in [6.07, 6.45) is -1.38. The highest BCUT2D eigenvalue weighted by Crippen LogP contribution is 2.41. The highest BCUT2D eigenvalue weighted by molar-refractivity contribution is 8.01. The molecule has 45 heavy (non-hydrogen) atoms. The van der Waals surface area contributed by atoms with Gasteiger partial charge in [0.25, 0.3) is 11.8 Å². The van der Waals surface area contributed by atoms with Gasteiger partial charge in [0.05, 0.1) is 6.07 Å². The highest BCUT2D eigenvalue weighted by atomic mass is 32.2. The molecule has 1 saturated heterocycles. The molecule has 1 aromatic carbocycles. The maximum Gasteiger partial charge on any atom is 0.352 e. The number of carbonyl (C=O) groups excluding carboxylic acids is 2. The number of aliphatic carboxylic acids is 2. The Morgan fingerprint density at radius 1 is 1.22 bits per heavy atom. The van der Waals surface area contributed by atoms with Crippen molar-refractivity contribution in [1.82, 2.24) is 20.2 Å². The third kappa shape index (κ3) is 6.49. The van der Waals surface area contributed by atoms with E-state index in [9.17, 15) is 24.3 Å². The zero-order chi connectivity index (χ0) is 32.4. The molecule has 0 bridgehead atoms. The van der Waals surface area contributed by atoms with Gasteiger partial charge in [0.2, 0.25) is 17.7 Å². The smallest absolute Gasteiger partial charge is 0.352 e. The minimum Gasteiger partial charge on any atom is -0.478 e. The van der Waals surface area contributed by atoms with E-state index in [-0.39, 0.29) is 33.8 Å². The lowest BCUT2D eigenvalue weighted by molar-refractivity contribution is -0.626. The number of nitrogen functional groups attached to an aromatic ring is 3. The summed E-state index contributed by atoms with van der Waals surface area (Å²) in [6.45, 7) is 1.22. The fourth-order valence-corrected chi connectivity index (χ4v) is 7.46. The molecular formula is C26H26N9O7S3+. The summed E-state index contributed by atoms with van der Waals surface area (Å²) < 4.78 is 1.69. The van der Waals surface area contributed by atoms with Crippen LogP contribution in [0.15, 0.2) is 63.4 Å². The Labute approximate surface area is 267 Å². The van der Waals surface area contributed by atoms with Crippen LogP contribution in [0.2, 0.25) is 0 Å². The van der Waals surface area contributed by atoms with E-state index >= 15 is 0 Å². The van der Waals surface area contributed by atoms with Gasteiger partial charge in [0.1, 0.15) is 28.5 Å². The van der Waals surface area contributed by atoms with Gasteiger partial charge in [0.15, 0.2) is 10.8 Å². The van der Waals surface area contributed by atoms with Crippen molar-refractivity contribution in [3.8, 4) is 5.69 Å². The van der Waals surface area contributed by atoms with E-state index in [0.29, 0.717) is 16.5 Å². The molecule has 3 aromatic rings. The molecule has 1 unspecified atom stereocenters. The Bertz CT molecular complexity index is 1750. The number of anilines is 3. The SMILES string of the molecule is C[C@@H](ON=C(C(=O)NC1C(=O)N2C(C(=O)O)=C(CSc3nc(N)cc(N)[n+]3-c3ccccc3)CS[C@@H]12)c1csc(N)n1)C(=O)O. The molecule has 5 rings (SSSR count). The Kier molecular flexibility index (Phi) is 9.11. The van der Waals surface area contributed by atoms with Crippen LogP contribution in [-0.4, -0.2) is 83.6 Å². The normalized spacial score (nSPS) is 18.6. The number of thiazole rings is 1. The van der Waals surface area contributed by atoms with Crippen molar-refractivity contribution in [1.29, 1.82) is 0 Å². The molecule has 2 aromatic heterocycles. The quantitative estimate of drug-likeness (QED) is 0.0400. The van der Waals surface area contributed by atoms with Gasteiger partial charge >= 0.3 is 17.1 Å². The van der Waals surface area contributed by atoms with Crippen molar-refractivity contribution in [2.75, 3.05) is 28.7 Å². The van der Waals surface area contributed by atoms with Crippen molar-refractivity contribution in [2.24, 2.45) is 5.16 Å². The molecule has 9 N–H and O–H groups in total. The molecule has 2 amide bonds. The van der Waals surface area contributed by atoms with Gasteiger partial charge in [0, 0.05) is 16.9 Å². The molecule has 2 aliphatic heterocycles. The van der Waals surface area contributed by atoms with Crippen LogP contribution >= 0.6 is 34.9 Å². The van der Waals surface area contributed by atoms with Crippen molar-refractivity contribution < 1.29 is 38.8 Å². The number of hydrogen-bond donors (Lipinski definition) is 6. The molecule has 19 heteroatoms. The molecule has 3 atom stereocenters. The number of benzene rings is 1. The third-order valence-corrected chi connectivity index (χ3v) is 9.56. The van der Waals surface area contributed by atoms with E-state index in [1.54, 1.807) is 4.57 Å². The van der Waals surface area contributed by atoms with Crippen molar-refractivity contribution >= 4 is 81.1 Å². The fraction of sp³-hybridized carbons (Fsp3) is 0.231. The Hall–Kier alpha value is -4.88. The summed E-state index contributed by atoms with van der Waals surface area (Å²) in [7, 11) is 0. The standard InChI is InChI=1S/C26H25N9O7S3/c1-11(23(38)39)42-33-17(14-10-44-25(29)30-14)20(36)32-18-21(37)35-19(24(40)41)12(8-43-22(18)35)9-45-26-31-15(27)7-16(28)34(26)13-5-3-2-4-6-13/h2-7,10-11,18,22H,8-9H2,1H3,(H8,27,28,29,30,32,36,38,39,40,41)/p+1/t11-,18?,22+/m1/s1. The van der Waals surface area contributed by atoms with E-state index < -0.39 is 47.0 Å². The number of rotatable bonds is 11. The molecule has 0 radical (unpaired) electrons. The molecule has 4 heterocycles. The average Bonchev–Trinajstić information content (AvgIpc) is 3.43. The Balaban J connectivity index is 1.35. The second kappa shape index (κ2) is 13.0. The summed E-state index contributed by atoms with van der Waals surface area (Å²) in [5.74, 6) is -3.22. The maximum absolute atomic E-state index is 13.3. The summed E-state index contributed by atoms with van der Waals surface area (Å²) in [5, 5.41) is 26.7. The molecule has 16 nitrogen and oxygen atoms in total. The number of nitrogens with one attached hydrogen (secondary N) is 1. The van der Waals surface area contributed by atoms with Crippen LogP contribution in [0.1, 0.15) is 12.6 Å². The van der Waals surface area contributed by atoms with E-state index in [1.165, 1.54) is 41.9 Å². The zero-order valence-electron chi connectivity index (χ0n) is 23.3. The first-order chi connectivity index (χ1) is 21.5. The number of nitrogens with zero attached hydrogens (tertiary/aromatic N) is 5. The number of hydrogen-bond acceptors (Lipinski definition) is 14. The van der Waals surface area contributed by atoms with Crippen LogP contribution in [0.3, 0.4) is 0 Å². The number of carboxylic acids is 2. The van der Waals surface area contributed by atoms with Gasteiger partial charge in [-0.25, -0.2) is 14.6 Å². The predicted molar refractivity (Wildman–Crippen MR) is 166 cm³/mol. The number of nitrogens with two attached hydrogens (primary N) is 3. The van der Waals surface area contributed by atoms with Crippen molar-refractivity contribution in [3.05, 3.63) is 58.7 Å². The average molecular weight is 673 g/mol. The molecule has 0 saturated carbocycles. The lowest BCUT2D eigenvalue weighted by atomic mass is 10.0. The number of fused-ring (bicyclic) bond motifs is 1. The minimum atomic E-state index is -1.38. The van der Waals surface area contributed by atoms with Crippen LogP contribution in [-0.2, 0) is 24.0 Å². The largest absolute Gasteiger partial charge is 0.478 e. The van der Waals surface area contributed by atoms with Crippen molar-refractivity contribution in [3.63, 3.8) is 0 Å². The lowest BCUT2D eigenvalue weighted by Crippen LogP contribution is -2.71. The van der Waals surface area contributed by atoms with Gasteiger partial charge in [-0.2, -0.15) is 4.57 Å². The Morgan fingerprint density at radius 2 is 1.96 bits per heavy atom. The van der Waals surface area contributed by atoms with Gasteiger partial charge < -0.3 is 37.6 Å². The summed E-state index contributed by atoms with van der Waals surface area (Å²) in [6, 6.07) is 9.63. The molecular weight excluding hydrogens is 647 g/mol. The van der Waals surface area contributed by atoms with E-state index in [0.717, 1.165) is 21.9 Å². The minimum absolute atomic E-state index is 0.0153. The molecule has 2 aliphatic rings. The van der Waals surface area contributed by atoms with E-state index in [4.69, 9.17) is 27.1 Å². The molecule has 0 aliphatic carbocycles. The molecule has 0 spiro atoms.